The molecule has 0 radical (unpaired) electrons. The third-order valence-corrected chi connectivity index (χ3v) is 4.92. The number of carbonyl (C=O) groups excluding carboxylic acids is 1. The summed E-state index contributed by atoms with van der Waals surface area (Å²) in [5.41, 5.74) is 2.71. The quantitative estimate of drug-likeness (QED) is 0.863. The minimum Gasteiger partial charge on any atom is -0.355 e. The topological polar surface area (TPSA) is 41.1 Å². The number of fused-ring (bicyclic) bond motifs is 1. The van der Waals surface area contributed by atoms with Crippen LogP contribution in [0.5, 0.6) is 0 Å². The first-order chi connectivity index (χ1) is 9.75. The molecule has 1 aromatic rings. The van der Waals surface area contributed by atoms with Crippen molar-refractivity contribution in [3.8, 4) is 0 Å². The normalized spacial score (nSPS) is 27.8. The molecule has 1 aliphatic heterocycles. The summed E-state index contributed by atoms with van der Waals surface area (Å²) in [5.74, 6) is 0.775. The molecule has 1 aromatic carbocycles. The van der Waals surface area contributed by atoms with Crippen LogP contribution in [0.25, 0.3) is 0 Å². The van der Waals surface area contributed by atoms with Crippen molar-refractivity contribution in [3.63, 3.8) is 0 Å². The highest BCUT2D eigenvalue weighted by atomic mass is 16.2. The fourth-order valence-electron chi connectivity index (χ4n) is 3.69. The second-order valence-corrected chi connectivity index (χ2v) is 6.27. The van der Waals surface area contributed by atoms with Crippen molar-refractivity contribution in [1.82, 2.24) is 10.6 Å². The van der Waals surface area contributed by atoms with Crippen LogP contribution in [-0.4, -0.2) is 25.5 Å². The molecule has 2 aliphatic rings. The third-order valence-electron chi connectivity index (χ3n) is 4.92. The van der Waals surface area contributed by atoms with E-state index < -0.39 is 0 Å². The van der Waals surface area contributed by atoms with Gasteiger partial charge in [0.2, 0.25) is 5.91 Å². The van der Waals surface area contributed by atoms with Crippen molar-refractivity contribution >= 4 is 5.91 Å². The maximum atomic E-state index is 12.6. The van der Waals surface area contributed by atoms with Gasteiger partial charge in [0.15, 0.2) is 0 Å². The zero-order valence-corrected chi connectivity index (χ0v) is 12.2. The molecule has 1 amide bonds. The number of hydrogen-bond acceptors (Lipinski definition) is 2. The molecular weight excluding hydrogens is 248 g/mol. The summed E-state index contributed by atoms with van der Waals surface area (Å²) in [6.45, 7) is 4.77. The highest BCUT2D eigenvalue weighted by molar-refractivity contribution is 5.83. The van der Waals surface area contributed by atoms with Crippen LogP contribution in [0.4, 0.5) is 0 Å². The second-order valence-electron chi connectivity index (χ2n) is 6.27. The number of hydrogen-bond donors (Lipinski definition) is 2. The van der Waals surface area contributed by atoms with Crippen molar-refractivity contribution in [2.45, 2.75) is 38.5 Å². The number of amides is 1. The van der Waals surface area contributed by atoms with E-state index in [4.69, 9.17) is 0 Å². The molecule has 0 saturated carbocycles. The van der Waals surface area contributed by atoms with Gasteiger partial charge >= 0.3 is 0 Å². The molecular formula is C17H24N2O. The second kappa shape index (κ2) is 5.57. The first-order valence-corrected chi connectivity index (χ1v) is 7.82. The molecule has 0 bridgehead atoms. The van der Waals surface area contributed by atoms with Gasteiger partial charge in [-0.2, -0.15) is 0 Å². The first-order valence-electron chi connectivity index (χ1n) is 7.82. The van der Waals surface area contributed by atoms with Crippen molar-refractivity contribution < 1.29 is 4.79 Å². The van der Waals surface area contributed by atoms with Gasteiger partial charge in [0.05, 0.1) is 5.41 Å². The van der Waals surface area contributed by atoms with Gasteiger partial charge in [-0.3, -0.25) is 4.79 Å². The van der Waals surface area contributed by atoms with E-state index in [-0.39, 0.29) is 11.3 Å². The first kappa shape index (κ1) is 13.6. The van der Waals surface area contributed by atoms with Crippen molar-refractivity contribution in [1.29, 1.82) is 0 Å². The van der Waals surface area contributed by atoms with E-state index >= 15 is 0 Å². The molecule has 2 unspecified atom stereocenters. The smallest absolute Gasteiger partial charge is 0.227 e. The van der Waals surface area contributed by atoms with E-state index in [1.807, 2.05) is 0 Å². The molecule has 20 heavy (non-hydrogen) atoms. The van der Waals surface area contributed by atoms with Gasteiger partial charge in [-0.1, -0.05) is 37.6 Å². The third kappa shape index (κ3) is 2.35. The molecule has 2 N–H and O–H groups in total. The van der Waals surface area contributed by atoms with Crippen LogP contribution in [0.3, 0.4) is 0 Å². The minimum absolute atomic E-state index is 0.155. The largest absolute Gasteiger partial charge is 0.355 e. The van der Waals surface area contributed by atoms with E-state index in [0.717, 1.165) is 45.3 Å². The Bertz CT molecular complexity index is 492. The predicted molar refractivity (Wildman–Crippen MR) is 80.7 cm³/mol. The van der Waals surface area contributed by atoms with E-state index in [1.165, 1.54) is 11.1 Å². The van der Waals surface area contributed by atoms with Gasteiger partial charge in [0, 0.05) is 19.0 Å². The lowest BCUT2D eigenvalue weighted by Gasteiger charge is -2.32. The highest BCUT2D eigenvalue weighted by Gasteiger charge is 2.40. The van der Waals surface area contributed by atoms with Crippen molar-refractivity contribution in [3.05, 3.63) is 35.4 Å². The van der Waals surface area contributed by atoms with Crippen LogP contribution >= 0.6 is 0 Å². The molecule has 3 rings (SSSR count). The Hall–Kier alpha value is -1.35. The number of rotatable bonds is 5. The standard InChI is InChI=1S/C17H24N2O/c1-2-7-17(8-9-18-12-17)16(20)19-11-14-10-13-5-3-4-6-15(13)14/h3-6,14,18H,2,7-12H2,1H3,(H,19,20). The summed E-state index contributed by atoms with van der Waals surface area (Å²) in [6.07, 6.45) is 4.15. The molecule has 1 saturated heterocycles. The van der Waals surface area contributed by atoms with E-state index in [0.29, 0.717) is 5.92 Å². The van der Waals surface area contributed by atoms with E-state index in [1.54, 1.807) is 0 Å². The number of benzene rings is 1. The summed E-state index contributed by atoms with van der Waals surface area (Å²) >= 11 is 0. The van der Waals surface area contributed by atoms with Crippen LogP contribution in [-0.2, 0) is 11.2 Å². The van der Waals surface area contributed by atoms with E-state index in [2.05, 4.69) is 41.8 Å². The summed E-state index contributed by atoms with van der Waals surface area (Å²) in [5, 5.41) is 6.56. The predicted octanol–water partition coefficient (Wildman–Crippen LogP) is 2.22. The fourth-order valence-corrected chi connectivity index (χ4v) is 3.69. The van der Waals surface area contributed by atoms with Crippen LogP contribution in [0.15, 0.2) is 24.3 Å². The molecule has 0 aromatic heterocycles. The van der Waals surface area contributed by atoms with Crippen LogP contribution in [0.1, 0.15) is 43.2 Å². The Morgan fingerprint density at radius 1 is 1.45 bits per heavy atom. The highest BCUT2D eigenvalue weighted by Crippen LogP contribution is 2.35. The molecule has 1 aliphatic carbocycles. The lowest BCUT2D eigenvalue weighted by molar-refractivity contribution is -0.130. The van der Waals surface area contributed by atoms with Gasteiger partial charge in [0.25, 0.3) is 0 Å². The Morgan fingerprint density at radius 2 is 2.30 bits per heavy atom. The Labute approximate surface area is 121 Å². The number of nitrogens with one attached hydrogen (secondary N) is 2. The SMILES string of the molecule is CCCC1(C(=O)NCC2Cc3ccccc32)CCNC1. The molecule has 2 atom stereocenters. The lowest BCUT2D eigenvalue weighted by atomic mass is 9.77. The zero-order valence-electron chi connectivity index (χ0n) is 12.2. The summed E-state index contributed by atoms with van der Waals surface area (Å²) in [7, 11) is 0. The van der Waals surface area contributed by atoms with Gasteiger partial charge in [-0.15, -0.1) is 0 Å². The summed E-state index contributed by atoms with van der Waals surface area (Å²) < 4.78 is 0. The van der Waals surface area contributed by atoms with Crippen LogP contribution in [0.2, 0.25) is 0 Å². The molecule has 1 heterocycles. The molecule has 3 nitrogen and oxygen atoms in total. The van der Waals surface area contributed by atoms with E-state index in [9.17, 15) is 4.79 Å². The average molecular weight is 272 g/mol. The van der Waals surface area contributed by atoms with Crippen LogP contribution in [0, 0.1) is 5.41 Å². The van der Waals surface area contributed by atoms with Gasteiger partial charge < -0.3 is 10.6 Å². The van der Waals surface area contributed by atoms with Crippen LogP contribution < -0.4 is 10.6 Å². The Morgan fingerprint density at radius 3 is 3.00 bits per heavy atom. The molecule has 1 fully saturated rings. The zero-order chi connectivity index (χ0) is 14.0. The lowest BCUT2D eigenvalue weighted by Crippen LogP contribution is -2.44. The minimum atomic E-state index is -0.155. The molecule has 3 heteroatoms. The van der Waals surface area contributed by atoms with Gasteiger partial charge in [-0.05, 0) is 36.9 Å². The molecule has 0 spiro atoms. The van der Waals surface area contributed by atoms with Gasteiger partial charge in [0.1, 0.15) is 0 Å². The fraction of sp³-hybridized carbons (Fsp3) is 0.588. The van der Waals surface area contributed by atoms with Crippen molar-refractivity contribution in [2.24, 2.45) is 5.41 Å². The average Bonchev–Trinajstić information content (AvgIpc) is 2.90. The van der Waals surface area contributed by atoms with Gasteiger partial charge in [-0.25, -0.2) is 0 Å². The summed E-state index contributed by atoms with van der Waals surface area (Å²) in [6, 6.07) is 8.56. The monoisotopic (exact) mass is 272 g/mol. The summed E-state index contributed by atoms with van der Waals surface area (Å²) in [4.78, 5) is 12.6. The Kier molecular flexibility index (Phi) is 3.79. The number of carbonyl (C=O) groups is 1. The maximum Gasteiger partial charge on any atom is 0.227 e. The molecule has 108 valence electrons. The van der Waals surface area contributed by atoms with Crippen molar-refractivity contribution in [2.75, 3.05) is 19.6 Å². The Balaban J connectivity index is 1.58. The maximum absolute atomic E-state index is 12.6.